The molecule has 218 valence electrons. The maximum Gasteiger partial charge on any atom is 0.0468 e. The standard InChI is InChI=1S/C45H33N/c1-45(2)41-27-24-31-16-9-10-21-36(31)42(41)43-38-23-12-11-22-37(38)40-29-35(25-26-39(40)44(43)45)46(33-18-7-4-8-19-33)34-20-13-17-32(28-34)30-14-5-3-6-15-30/h3-29H,1-2H3. The molecular weight excluding hydrogens is 555 g/mol. The van der Waals surface area contributed by atoms with Crippen molar-refractivity contribution in [3.8, 4) is 22.3 Å². The fraction of sp³-hybridized carbons (Fsp3) is 0.0667. The number of para-hydroxylation sites is 1. The zero-order valence-electron chi connectivity index (χ0n) is 26.0. The highest BCUT2D eigenvalue weighted by Crippen LogP contribution is 2.56. The summed E-state index contributed by atoms with van der Waals surface area (Å²) in [7, 11) is 0. The fourth-order valence-corrected chi connectivity index (χ4v) is 7.90. The summed E-state index contributed by atoms with van der Waals surface area (Å²) in [6.07, 6.45) is 0. The number of benzene rings is 8. The topological polar surface area (TPSA) is 3.24 Å². The lowest BCUT2D eigenvalue weighted by Gasteiger charge is -2.28. The molecule has 0 saturated carbocycles. The van der Waals surface area contributed by atoms with Crippen molar-refractivity contribution in [1.82, 2.24) is 0 Å². The van der Waals surface area contributed by atoms with Crippen LogP contribution in [0.5, 0.6) is 0 Å². The predicted octanol–water partition coefficient (Wildman–Crippen LogP) is 12.6. The van der Waals surface area contributed by atoms with Crippen LogP contribution >= 0.6 is 0 Å². The molecular formula is C45H33N. The van der Waals surface area contributed by atoms with E-state index in [9.17, 15) is 0 Å². The summed E-state index contributed by atoms with van der Waals surface area (Å²) < 4.78 is 0. The first kappa shape index (κ1) is 26.7. The van der Waals surface area contributed by atoms with Crippen LogP contribution in [-0.2, 0) is 5.41 Å². The van der Waals surface area contributed by atoms with E-state index in [1.54, 1.807) is 0 Å². The Labute approximate surface area is 270 Å². The molecule has 0 N–H and O–H groups in total. The van der Waals surface area contributed by atoms with Crippen LogP contribution in [0.1, 0.15) is 25.0 Å². The van der Waals surface area contributed by atoms with Gasteiger partial charge in [-0.2, -0.15) is 0 Å². The average molecular weight is 588 g/mol. The van der Waals surface area contributed by atoms with E-state index in [1.807, 2.05) is 0 Å². The largest absolute Gasteiger partial charge is 0.310 e. The Kier molecular flexibility index (Phi) is 5.92. The number of fused-ring (bicyclic) bond motifs is 10. The third-order valence-corrected chi connectivity index (χ3v) is 9.97. The molecule has 0 radical (unpaired) electrons. The van der Waals surface area contributed by atoms with E-state index in [0.717, 1.165) is 17.1 Å². The molecule has 1 aliphatic carbocycles. The van der Waals surface area contributed by atoms with Crippen LogP contribution in [0.15, 0.2) is 164 Å². The van der Waals surface area contributed by atoms with Gasteiger partial charge in [0.05, 0.1) is 0 Å². The summed E-state index contributed by atoms with van der Waals surface area (Å²) in [5.41, 5.74) is 11.3. The third kappa shape index (κ3) is 3.95. The van der Waals surface area contributed by atoms with Gasteiger partial charge < -0.3 is 4.90 Å². The Balaban J connectivity index is 1.32. The van der Waals surface area contributed by atoms with Gasteiger partial charge in [0.1, 0.15) is 0 Å². The molecule has 8 aromatic rings. The predicted molar refractivity (Wildman–Crippen MR) is 197 cm³/mol. The first-order valence-electron chi connectivity index (χ1n) is 16.1. The van der Waals surface area contributed by atoms with Gasteiger partial charge in [-0.05, 0) is 102 Å². The molecule has 0 bridgehead atoms. The van der Waals surface area contributed by atoms with E-state index in [0.29, 0.717) is 0 Å². The van der Waals surface area contributed by atoms with Gasteiger partial charge in [0.2, 0.25) is 0 Å². The van der Waals surface area contributed by atoms with E-state index in [2.05, 4.69) is 183 Å². The Hall–Kier alpha value is -5.66. The molecule has 8 aromatic carbocycles. The van der Waals surface area contributed by atoms with Crippen molar-refractivity contribution in [2.75, 3.05) is 4.90 Å². The summed E-state index contributed by atoms with van der Waals surface area (Å²) in [5.74, 6) is 0. The fourth-order valence-electron chi connectivity index (χ4n) is 7.90. The molecule has 9 rings (SSSR count). The van der Waals surface area contributed by atoms with E-state index in [4.69, 9.17) is 0 Å². The van der Waals surface area contributed by atoms with E-state index in [1.165, 1.54) is 65.7 Å². The lowest BCUT2D eigenvalue weighted by molar-refractivity contribution is 0.667. The SMILES string of the molecule is CC1(C)c2ccc3ccccc3c2-c2c1c1ccc(N(c3ccccc3)c3cccc(-c4ccccc4)c3)cc1c1ccccc21. The second-order valence-electron chi connectivity index (χ2n) is 12.9. The normalized spacial score (nSPS) is 13.2. The van der Waals surface area contributed by atoms with E-state index < -0.39 is 0 Å². The van der Waals surface area contributed by atoms with E-state index in [-0.39, 0.29) is 5.41 Å². The first-order chi connectivity index (χ1) is 22.6. The molecule has 0 saturated heterocycles. The molecule has 0 spiro atoms. The molecule has 1 nitrogen and oxygen atoms in total. The van der Waals surface area contributed by atoms with Crippen LogP contribution in [-0.4, -0.2) is 0 Å². The molecule has 0 unspecified atom stereocenters. The molecule has 0 fully saturated rings. The number of hydrogen-bond donors (Lipinski definition) is 0. The van der Waals surface area contributed by atoms with Crippen LogP contribution in [0.4, 0.5) is 17.1 Å². The quantitative estimate of drug-likeness (QED) is 0.185. The maximum atomic E-state index is 2.41. The second-order valence-corrected chi connectivity index (χ2v) is 12.9. The Morgan fingerprint density at radius 1 is 0.391 bits per heavy atom. The van der Waals surface area contributed by atoms with Gasteiger partial charge in [-0.15, -0.1) is 0 Å². The van der Waals surface area contributed by atoms with Gasteiger partial charge in [0.25, 0.3) is 0 Å². The number of anilines is 3. The average Bonchev–Trinajstić information content (AvgIpc) is 3.36. The van der Waals surface area contributed by atoms with Crippen molar-refractivity contribution in [1.29, 1.82) is 0 Å². The Morgan fingerprint density at radius 3 is 1.83 bits per heavy atom. The molecule has 1 heteroatoms. The third-order valence-electron chi connectivity index (χ3n) is 9.97. The minimum atomic E-state index is -0.137. The van der Waals surface area contributed by atoms with Crippen LogP contribution in [0, 0.1) is 0 Å². The lowest BCUT2D eigenvalue weighted by atomic mass is 9.79. The van der Waals surface area contributed by atoms with Crippen LogP contribution in [0.3, 0.4) is 0 Å². The second kappa shape index (κ2) is 10.2. The van der Waals surface area contributed by atoms with E-state index >= 15 is 0 Å². The molecule has 0 atom stereocenters. The minimum absolute atomic E-state index is 0.137. The van der Waals surface area contributed by atoms with Gasteiger partial charge in [-0.25, -0.2) is 0 Å². The minimum Gasteiger partial charge on any atom is -0.310 e. The molecule has 0 amide bonds. The first-order valence-corrected chi connectivity index (χ1v) is 16.1. The Morgan fingerprint density at radius 2 is 1.02 bits per heavy atom. The van der Waals surface area contributed by atoms with Crippen molar-refractivity contribution in [2.24, 2.45) is 0 Å². The van der Waals surface area contributed by atoms with Crippen molar-refractivity contribution >= 4 is 49.4 Å². The van der Waals surface area contributed by atoms with Gasteiger partial charge in [0, 0.05) is 22.5 Å². The van der Waals surface area contributed by atoms with Crippen LogP contribution in [0.2, 0.25) is 0 Å². The zero-order chi connectivity index (χ0) is 30.8. The van der Waals surface area contributed by atoms with Gasteiger partial charge in [-0.1, -0.05) is 141 Å². The van der Waals surface area contributed by atoms with Crippen molar-refractivity contribution < 1.29 is 0 Å². The zero-order valence-corrected chi connectivity index (χ0v) is 26.0. The summed E-state index contributed by atoms with van der Waals surface area (Å²) >= 11 is 0. The van der Waals surface area contributed by atoms with Gasteiger partial charge in [-0.3, -0.25) is 0 Å². The van der Waals surface area contributed by atoms with Crippen LogP contribution in [0.25, 0.3) is 54.6 Å². The molecule has 0 aromatic heterocycles. The molecule has 1 aliphatic rings. The lowest BCUT2D eigenvalue weighted by Crippen LogP contribution is -2.16. The molecule has 0 aliphatic heterocycles. The molecule has 46 heavy (non-hydrogen) atoms. The Bertz CT molecular complexity index is 2440. The summed E-state index contributed by atoms with van der Waals surface area (Å²) in [5, 5.41) is 7.86. The number of nitrogens with zero attached hydrogens (tertiary/aromatic N) is 1. The highest BCUT2D eigenvalue weighted by Gasteiger charge is 2.39. The summed E-state index contributed by atoms with van der Waals surface area (Å²) in [6.45, 7) is 4.81. The monoisotopic (exact) mass is 587 g/mol. The van der Waals surface area contributed by atoms with Crippen molar-refractivity contribution in [3.05, 3.63) is 175 Å². The van der Waals surface area contributed by atoms with Crippen molar-refractivity contribution in [2.45, 2.75) is 19.3 Å². The summed E-state index contributed by atoms with van der Waals surface area (Å²) in [6, 6.07) is 59.9. The number of hydrogen-bond acceptors (Lipinski definition) is 1. The van der Waals surface area contributed by atoms with Gasteiger partial charge >= 0.3 is 0 Å². The van der Waals surface area contributed by atoms with Crippen molar-refractivity contribution in [3.63, 3.8) is 0 Å². The smallest absolute Gasteiger partial charge is 0.0468 e. The number of rotatable bonds is 4. The maximum absolute atomic E-state index is 2.41. The molecule has 0 heterocycles. The highest BCUT2D eigenvalue weighted by atomic mass is 15.1. The van der Waals surface area contributed by atoms with Gasteiger partial charge in [0.15, 0.2) is 0 Å². The highest BCUT2D eigenvalue weighted by molar-refractivity contribution is 6.21. The summed E-state index contributed by atoms with van der Waals surface area (Å²) in [4.78, 5) is 2.39. The van der Waals surface area contributed by atoms with Crippen LogP contribution < -0.4 is 4.90 Å².